The molecule has 10 heteroatoms. The minimum absolute atomic E-state index is 0.112. The van der Waals surface area contributed by atoms with Crippen molar-refractivity contribution in [1.29, 1.82) is 0 Å². The van der Waals surface area contributed by atoms with Crippen LogP contribution in [0.2, 0.25) is 5.04 Å². The summed E-state index contributed by atoms with van der Waals surface area (Å²) in [5.41, 5.74) is 1.49. The van der Waals surface area contributed by atoms with Gasteiger partial charge >= 0.3 is 18.9 Å². The van der Waals surface area contributed by atoms with Crippen LogP contribution in [0.4, 0.5) is 0 Å². The molecule has 0 aliphatic rings. The lowest BCUT2D eigenvalue weighted by Crippen LogP contribution is -2.66. The third kappa shape index (κ3) is 6.57. The number of rotatable bonds is 9. The molecular weight excluding hydrogens is 545 g/mol. The van der Waals surface area contributed by atoms with Gasteiger partial charge in [-0.3, -0.25) is 4.79 Å². The largest absolute Gasteiger partial charge is 0.488 e. The number of nitrogens with one attached hydrogen (secondary N) is 1. The molecule has 8 nitrogen and oxygen atoms in total. The van der Waals surface area contributed by atoms with E-state index in [4.69, 9.17) is 8.95 Å². The molecule has 4 aromatic rings. The maximum atomic E-state index is 13.1. The molecule has 42 heavy (non-hydrogen) atoms. The highest BCUT2D eigenvalue weighted by Crippen LogP contribution is 2.37. The summed E-state index contributed by atoms with van der Waals surface area (Å²) >= 11 is 0. The van der Waals surface area contributed by atoms with Crippen molar-refractivity contribution < 1.29 is 23.8 Å². The molecule has 1 amide bonds. The van der Waals surface area contributed by atoms with Gasteiger partial charge in [-0.15, -0.1) is 0 Å². The van der Waals surface area contributed by atoms with Crippen molar-refractivity contribution in [2.75, 3.05) is 0 Å². The summed E-state index contributed by atoms with van der Waals surface area (Å²) in [6, 6.07) is 25.3. The number of amides is 1. The van der Waals surface area contributed by atoms with Gasteiger partial charge in [0, 0.05) is 5.41 Å². The smallest absolute Gasteiger partial charge is 0.423 e. The molecular formula is C32H40BN3O5Si. The van der Waals surface area contributed by atoms with E-state index in [0.29, 0.717) is 11.3 Å². The Hall–Kier alpha value is -3.57. The Bertz CT molecular complexity index is 1460. The van der Waals surface area contributed by atoms with Crippen molar-refractivity contribution in [3.8, 4) is 0 Å². The van der Waals surface area contributed by atoms with Crippen LogP contribution >= 0.6 is 0 Å². The SMILES string of the molecule is CC(NC(=O)c1nc(C(C)(C)C)no1)c1ccc(B(O)O)cc1CO[Si](c1ccccc1)(c1ccccc1)C(C)(C)C. The lowest BCUT2D eigenvalue weighted by molar-refractivity contribution is 0.0895. The Morgan fingerprint density at radius 1 is 0.952 bits per heavy atom. The normalized spacial score (nSPS) is 13.1. The summed E-state index contributed by atoms with van der Waals surface area (Å²) in [5.74, 6) is -0.157. The molecule has 0 saturated heterocycles. The van der Waals surface area contributed by atoms with Crippen LogP contribution in [-0.2, 0) is 16.4 Å². The zero-order valence-corrected chi connectivity index (χ0v) is 26.4. The summed E-state index contributed by atoms with van der Waals surface area (Å²) in [5, 5.41) is 28.9. The molecule has 1 heterocycles. The van der Waals surface area contributed by atoms with Crippen molar-refractivity contribution in [1.82, 2.24) is 15.5 Å². The van der Waals surface area contributed by atoms with E-state index in [1.54, 1.807) is 18.2 Å². The van der Waals surface area contributed by atoms with Gasteiger partial charge in [-0.2, -0.15) is 4.98 Å². The first kappa shape index (κ1) is 31.4. The van der Waals surface area contributed by atoms with Crippen LogP contribution in [0.5, 0.6) is 0 Å². The van der Waals surface area contributed by atoms with Gasteiger partial charge in [0.2, 0.25) is 0 Å². The molecule has 4 rings (SSSR count). The Morgan fingerprint density at radius 2 is 1.52 bits per heavy atom. The van der Waals surface area contributed by atoms with Gasteiger partial charge in [0.1, 0.15) is 0 Å². The van der Waals surface area contributed by atoms with Crippen LogP contribution in [-0.4, -0.2) is 41.5 Å². The van der Waals surface area contributed by atoms with Crippen molar-refractivity contribution in [3.05, 3.63) is 102 Å². The fourth-order valence-electron chi connectivity index (χ4n) is 5.24. The van der Waals surface area contributed by atoms with Crippen LogP contribution in [0.15, 0.2) is 83.4 Å². The first-order valence-electron chi connectivity index (χ1n) is 14.1. The quantitative estimate of drug-likeness (QED) is 0.257. The van der Waals surface area contributed by atoms with Crippen molar-refractivity contribution in [2.45, 2.75) is 71.6 Å². The highest BCUT2D eigenvalue weighted by molar-refractivity contribution is 6.99. The first-order valence-corrected chi connectivity index (χ1v) is 16.0. The van der Waals surface area contributed by atoms with Crippen molar-refractivity contribution in [3.63, 3.8) is 0 Å². The first-order chi connectivity index (χ1) is 19.7. The van der Waals surface area contributed by atoms with E-state index in [2.05, 4.69) is 60.5 Å². The number of hydrogen-bond acceptors (Lipinski definition) is 7. The lowest BCUT2D eigenvalue weighted by atomic mass is 9.78. The Balaban J connectivity index is 1.72. The Morgan fingerprint density at radius 3 is 2.00 bits per heavy atom. The summed E-state index contributed by atoms with van der Waals surface area (Å²) in [4.78, 5) is 17.3. The van der Waals surface area contributed by atoms with E-state index in [0.717, 1.165) is 21.5 Å². The van der Waals surface area contributed by atoms with Gasteiger partial charge < -0.3 is 24.3 Å². The second-order valence-corrected chi connectivity index (χ2v) is 17.0. The topological polar surface area (TPSA) is 118 Å². The highest BCUT2D eigenvalue weighted by Gasteiger charge is 2.50. The second-order valence-electron chi connectivity index (χ2n) is 12.7. The molecule has 220 valence electrons. The predicted octanol–water partition coefficient (Wildman–Crippen LogP) is 3.61. The minimum Gasteiger partial charge on any atom is -0.423 e. The van der Waals surface area contributed by atoms with E-state index in [1.807, 2.05) is 64.1 Å². The van der Waals surface area contributed by atoms with Crippen LogP contribution in [0.25, 0.3) is 0 Å². The molecule has 3 aromatic carbocycles. The number of hydrogen-bond donors (Lipinski definition) is 3. The van der Waals surface area contributed by atoms with Gasteiger partial charge in [-0.25, -0.2) is 0 Å². The number of carbonyl (C=O) groups is 1. The third-order valence-electron chi connectivity index (χ3n) is 7.43. The van der Waals surface area contributed by atoms with Gasteiger partial charge in [0.05, 0.1) is 12.6 Å². The van der Waals surface area contributed by atoms with Crippen molar-refractivity contribution >= 4 is 37.2 Å². The van der Waals surface area contributed by atoms with Gasteiger partial charge in [0.25, 0.3) is 8.32 Å². The molecule has 0 aliphatic heterocycles. The number of carbonyl (C=O) groups excluding carboxylic acids is 1. The number of aromatic nitrogens is 2. The van der Waals surface area contributed by atoms with Crippen LogP contribution in [0, 0.1) is 0 Å². The Labute approximate surface area is 249 Å². The monoisotopic (exact) mass is 585 g/mol. The van der Waals surface area contributed by atoms with Gasteiger partial charge in [-0.05, 0) is 38.9 Å². The minimum atomic E-state index is -2.88. The van der Waals surface area contributed by atoms with Crippen LogP contribution in [0.3, 0.4) is 0 Å². The zero-order chi connectivity index (χ0) is 30.7. The van der Waals surface area contributed by atoms with Crippen LogP contribution < -0.4 is 21.2 Å². The summed E-state index contributed by atoms with van der Waals surface area (Å²) < 4.78 is 12.4. The summed E-state index contributed by atoms with van der Waals surface area (Å²) in [6.45, 7) is 14.5. The molecule has 1 aromatic heterocycles. The van der Waals surface area contributed by atoms with Gasteiger partial charge in [0.15, 0.2) is 5.82 Å². The van der Waals surface area contributed by atoms with E-state index in [9.17, 15) is 14.8 Å². The lowest BCUT2D eigenvalue weighted by Gasteiger charge is -2.43. The molecule has 0 spiro atoms. The second kappa shape index (κ2) is 12.3. The fraction of sp³-hybridized carbons (Fsp3) is 0.344. The fourth-order valence-corrected chi connectivity index (χ4v) is 9.77. The third-order valence-corrected chi connectivity index (χ3v) is 12.4. The molecule has 3 N–H and O–H groups in total. The van der Waals surface area contributed by atoms with Gasteiger partial charge in [-0.1, -0.05) is 126 Å². The average Bonchev–Trinajstić information content (AvgIpc) is 3.45. The van der Waals surface area contributed by atoms with E-state index < -0.39 is 27.4 Å². The number of benzene rings is 3. The molecule has 0 radical (unpaired) electrons. The maximum absolute atomic E-state index is 13.1. The van der Waals surface area contributed by atoms with Crippen molar-refractivity contribution in [2.24, 2.45) is 0 Å². The molecule has 1 atom stereocenters. The van der Waals surface area contributed by atoms with E-state index in [-0.39, 0.29) is 23.0 Å². The molecule has 0 bridgehead atoms. The molecule has 0 saturated carbocycles. The molecule has 0 aliphatic carbocycles. The van der Waals surface area contributed by atoms with Crippen LogP contribution in [0.1, 0.15) is 82.1 Å². The van der Waals surface area contributed by atoms with E-state index >= 15 is 0 Å². The molecule has 1 unspecified atom stereocenters. The summed E-state index contributed by atoms with van der Waals surface area (Å²) in [6.07, 6.45) is 0. The standard InChI is InChI=1S/C32H40BN3O5Si/c1-22(34-28(37)29-35-30(36-41-29)31(2,3)4)27-19-18-24(33(38)39)20-23(27)21-40-42(32(5,6)7,25-14-10-8-11-15-25)26-16-12-9-13-17-26/h8-20,22,38-39H,21H2,1-7H3,(H,34,37). The Kier molecular flexibility index (Phi) is 9.22. The molecule has 0 fully saturated rings. The number of nitrogens with zero attached hydrogens (tertiary/aromatic N) is 2. The summed E-state index contributed by atoms with van der Waals surface area (Å²) in [7, 11) is -4.53. The highest BCUT2D eigenvalue weighted by atomic mass is 28.4. The zero-order valence-electron chi connectivity index (χ0n) is 25.4. The average molecular weight is 586 g/mol. The van der Waals surface area contributed by atoms with E-state index in [1.165, 1.54) is 0 Å². The maximum Gasteiger partial charge on any atom is 0.488 e. The predicted molar refractivity (Wildman–Crippen MR) is 168 cm³/mol.